The minimum absolute atomic E-state index is 0.000345. The first-order chi connectivity index (χ1) is 8.76. The van der Waals surface area contributed by atoms with Crippen LogP contribution in [0.2, 0.25) is 0 Å². The molecule has 0 radical (unpaired) electrons. The fourth-order valence-corrected chi connectivity index (χ4v) is 2.39. The quantitative estimate of drug-likeness (QED) is 0.690. The van der Waals surface area contributed by atoms with Crippen molar-refractivity contribution < 1.29 is 9.90 Å². The molecule has 0 aromatic rings. The van der Waals surface area contributed by atoms with Crippen molar-refractivity contribution in [3.63, 3.8) is 0 Å². The second-order valence-corrected chi connectivity index (χ2v) is 6.80. The SMILES string of the molecule is CCC(C)(C)NC(=O)CNCC1(O)CCC(C)CC1. The number of hydrogen-bond donors (Lipinski definition) is 3. The lowest BCUT2D eigenvalue weighted by molar-refractivity contribution is -0.122. The number of carbonyl (C=O) groups excluding carboxylic acids is 1. The normalized spacial score (nSPS) is 28.2. The summed E-state index contributed by atoms with van der Waals surface area (Å²) in [6, 6.07) is 0. The van der Waals surface area contributed by atoms with E-state index in [0.717, 1.165) is 32.1 Å². The van der Waals surface area contributed by atoms with Crippen molar-refractivity contribution >= 4 is 5.91 Å². The fourth-order valence-electron chi connectivity index (χ4n) is 2.39. The van der Waals surface area contributed by atoms with E-state index < -0.39 is 5.60 Å². The highest BCUT2D eigenvalue weighted by atomic mass is 16.3. The Kier molecular flexibility index (Phi) is 5.81. The molecule has 0 saturated heterocycles. The zero-order valence-corrected chi connectivity index (χ0v) is 12.9. The summed E-state index contributed by atoms with van der Waals surface area (Å²) in [5.74, 6) is 0.716. The van der Waals surface area contributed by atoms with Crippen molar-refractivity contribution in [1.82, 2.24) is 10.6 Å². The van der Waals surface area contributed by atoms with Crippen LogP contribution in [0, 0.1) is 5.92 Å². The fraction of sp³-hybridized carbons (Fsp3) is 0.933. The molecule has 1 rings (SSSR count). The zero-order valence-electron chi connectivity index (χ0n) is 12.9. The van der Waals surface area contributed by atoms with Crippen LogP contribution in [0.25, 0.3) is 0 Å². The maximum Gasteiger partial charge on any atom is 0.234 e. The highest BCUT2D eigenvalue weighted by Crippen LogP contribution is 2.31. The minimum Gasteiger partial charge on any atom is -0.389 e. The van der Waals surface area contributed by atoms with E-state index in [1.807, 2.05) is 13.8 Å². The lowest BCUT2D eigenvalue weighted by atomic mass is 9.79. The molecule has 0 unspecified atom stereocenters. The average molecular weight is 270 g/mol. The smallest absolute Gasteiger partial charge is 0.234 e. The van der Waals surface area contributed by atoms with Crippen LogP contribution in [0.3, 0.4) is 0 Å². The van der Waals surface area contributed by atoms with Crippen LogP contribution in [0.5, 0.6) is 0 Å². The molecule has 1 amide bonds. The van der Waals surface area contributed by atoms with E-state index in [4.69, 9.17) is 0 Å². The van der Waals surface area contributed by atoms with E-state index in [9.17, 15) is 9.90 Å². The third-order valence-corrected chi connectivity index (χ3v) is 4.31. The highest BCUT2D eigenvalue weighted by molar-refractivity contribution is 5.78. The molecule has 0 aromatic heterocycles. The molecule has 0 aliphatic heterocycles. The lowest BCUT2D eigenvalue weighted by Crippen LogP contribution is -2.49. The van der Waals surface area contributed by atoms with Crippen molar-refractivity contribution in [3.05, 3.63) is 0 Å². The van der Waals surface area contributed by atoms with Gasteiger partial charge in [-0.1, -0.05) is 13.8 Å². The van der Waals surface area contributed by atoms with Gasteiger partial charge < -0.3 is 15.7 Å². The molecular formula is C15H30N2O2. The number of amides is 1. The first-order valence-corrected chi connectivity index (χ1v) is 7.50. The number of hydrogen-bond acceptors (Lipinski definition) is 3. The van der Waals surface area contributed by atoms with Crippen LogP contribution < -0.4 is 10.6 Å². The van der Waals surface area contributed by atoms with Gasteiger partial charge in [-0.15, -0.1) is 0 Å². The van der Waals surface area contributed by atoms with Gasteiger partial charge in [0.1, 0.15) is 0 Å². The third-order valence-electron chi connectivity index (χ3n) is 4.31. The molecule has 0 bridgehead atoms. The van der Waals surface area contributed by atoms with E-state index >= 15 is 0 Å². The van der Waals surface area contributed by atoms with Gasteiger partial charge >= 0.3 is 0 Å². The standard InChI is InChI=1S/C15H30N2O2/c1-5-14(3,4)17-13(18)10-16-11-15(19)8-6-12(2)7-9-15/h12,16,19H,5-11H2,1-4H3,(H,17,18). The molecule has 4 heteroatoms. The highest BCUT2D eigenvalue weighted by Gasteiger charge is 2.31. The van der Waals surface area contributed by atoms with E-state index in [2.05, 4.69) is 24.5 Å². The van der Waals surface area contributed by atoms with Crippen molar-refractivity contribution in [2.45, 2.75) is 70.9 Å². The predicted molar refractivity (Wildman–Crippen MR) is 78.0 cm³/mol. The molecule has 0 spiro atoms. The van der Waals surface area contributed by atoms with Crippen molar-refractivity contribution in [2.24, 2.45) is 5.92 Å². The van der Waals surface area contributed by atoms with E-state index in [-0.39, 0.29) is 18.0 Å². The molecule has 0 heterocycles. The van der Waals surface area contributed by atoms with Crippen molar-refractivity contribution in [2.75, 3.05) is 13.1 Å². The summed E-state index contributed by atoms with van der Waals surface area (Å²) in [6.07, 6.45) is 4.73. The Morgan fingerprint density at radius 3 is 2.47 bits per heavy atom. The molecule has 1 aliphatic carbocycles. The molecule has 3 N–H and O–H groups in total. The molecule has 0 atom stereocenters. The van der Waals surface area contributed by atoms with Crippen LogP contribution in [0.4, 0.5) is 0 Å². The number of aliphatic hydroxyl groups is 1. The Labute approximate surface area is 117 Å². The van der Waals surface area contributed by atoms with Gasteiger partial charge in [-0.2, -0.15) is 0 Å². The summed E-state index contributed by atoms with van der Waals surface area (Å²) in [7, 11) is 0. The maximum absolute atomic E-state index is 11.8. The lowest BCUT2D eigenvalue weighted by Gasteiger charge is -2.35. The summed E-state index contributed by atoms with van der Waals surface area (Å²) < 4.78 is 0. The Morgan fingerprint density at radius 2 is 1.95 bits per heavy atom. The van der Waals surface area contributed by atoms with Crippen LogP contribution in [0.1, 0.15) is 59.8 Å². The monoisotopic (exact) mass is 270 g/mol. The van der Waals surface area contributed by atoms with Crippen molar-refractivity contribution in [1.29, 1.82) is 0 Å². The Hall–Kier alpha value is -0.610. The Morgan fingerprint density at radius 1 is 1.37 bits per heavy atom. The zero-order chi connectivity index (χ0) is 14.5. The van der Waals surface area contributed by atoms with E-state index in [0.29, 0.717) is 12.5 Å². The van der Waals surface area contributed by atoms with Gasteiger partial charge in [-0.05, 0) is 51.9 Å². The van der Waals surface area contributed by atoms with Gasteiger partial charge in [0.15, 0.2) is 0 Å². The molecule has 1 aliphatic rings. The summed E-state index contributed by atoms with van der Waals surface area (Å²) in [4.78, 5) is 11.8. The number of nitrogens with one attached hydrogen (secondary N) is 2. The van der Waals surface area contributed by atoms with Gasteiger partial charge in [-0.25, -0.2) is 0 Å². The molecule has 1 fully saturated rings. The second kappa shape index (κ2) is 6.71. The molecular weight excluding hydrogens is 240 g/mol. The van der Waals surface area contributed by atoms with Gasteiger partial charge in [0.25, 0.3) is 0 Å². The first kappa shape index (κ1) is 16.4. The first-order valence-electron chi connectivity index (χ1n) is 7.50. The molecule has 4 nitrogen and oxygen atoms in total. The van der Waals surface area contributed by atoms with Crippen LogP contribution in [-0.2, 0) is 4.79 Å². The molecule has 112 valence electrons. The van der Waals surface area contributed by atoms with Crippen LogP contribution in [0.15, 0.2) is 0 Å². The van der Waals surface area contributed by atoms with Crippen LogP contribution in [-0.4, -0.2) is 35.2 Å². The van der Waals surface area contributed by atoms with E-state index in [1.54, 1.807) is 0 Å². The maximum atomic E-state index is 11.8. The largest absolute Gasteiger partial charge is 0.389 e. The number of carbonyl (C=O) groups is 1. The van der Waals surface area contributed by atoms with Gasteiger partial charge in [0.2, 0.25) is 5.91 Å². The predicted octanol–water partition coefficient (Wildman–Crippen LogP) is 1.82. The molecule has 0 aromatic carbocycles. The minimum atomic E-state index is -0.618. The van der Waals surface area contributed by atoms with Gasteiger partial charge in [-0.3, -0.25) is 4.79 Å². The summed E-state index contributed by atoms with van der Waals surface area (Å²) >= 11 is 0. The summed E-state index contributed by atoms with van der Waals surface area (Å²) in [6.45, 7) is 9.11. The van der Waals surface area contributed by atoms with E-state index in [1.165, 1.54) is 0 Å². The Balaban J connectivity index is 2.25. The van der Waals surface area contributed by atoms with Crippen molar-refractivity contribution in [3.8, 4) is 0 Å². The second-order valence-electron chi connectivity index (χ2n) is 6.80. The Bertz CT molecular complexity index is 295. The molecule has 19 heavy (non-hydrogen) atoms. The van der Waals surface area contributed by atoms with Gasteiger partial charge in [0.05, 0.1) is 12.1 Å². The summed E-state index contributed by atoms with van der Waals surface area (Å²) in [5.41, 5.74) is -0.775. The average Bonchev–Trinajstić information content (AvgIpc) is 2.33. The molecule has 1 saturated carbocycles. The van der Waals surface area contributed by atoms with Gasteiger partial charge in [0, 0.05) is 12.1 Å². The number of rotatable bonds is 6. The van der Waals surface area contributed by atoms with Crippen LogP contribution >= 0.6 is 0 Å². The third kappa shape index (κ3) is 5.91. The summed E-state index contributed by atoms with van der Waals surface area (Å²) in [5, 5.41) is 16.5. The topological polar surface area (TPSA) is 61.4 Å².